The molecule has 4 heteroatoms. The molecule has 2 unspecified atom stereocenters. The fourth-order valence-electron chi connectivity index (χ4n) is 2.73. The van der Waals surface area contributed by atoms with E-state index in [1.165, 1.54) is 12.1 Å². The van der Waals surface area contributed by atoms with Crippen molar-refractivity contribution in [2.75, 3.05) is 0 Å². The lowest BCUT2D eigenvalue weighted by atomic mass is 10.1. The van der Waals surface area contributed by atoms with E-state index in [0.717, 1.165) is 16.0 Å². The van der Waals surface area contributed by atoms with Gasteiger partial charge in [0, 0.05) is 28.7 Å². The molecule has 1 aliphatic rings. The summed E-state index contributed by atoms with van der Waals surface area (Å²) in [5, 5.41) is 0. The second-order valence-corrected chi connectivity index (χ2v) is 6.58. The quantitative estimate of drug-likeness (QED) is 0.651. The molecule has 0 saturated heterocycles. The van der Waals surface area contributed by atoms with E-state index in [1.807, 2.05) is 30.3 Å². The lowest BCUT2D eigenvalue weighted by Crippen LogP contribution is -1.89. The Morgan fingerprint density at radius 1 is 1.13 bits per heavy atom. The number of hydrogen-bond acceptors (Lipinski definition) is 2. The van der Waals surface area contributed by atoms with Crippen molar-refractivity contribution in [1.82, 2.24) is 0 Å². The Morgan fingerprint density at radius 2 is 1.83 bits per heavy atom. The molecule has 0 spiro atoms. The van der Waals surface area contributed by atoms with Gasteiger partial charge in [0.2, 0.25) is 0 Å². The van der Waals surface area contributed by atoms with Crippen molar-refractivity contribution in [3.8, 4) is 0 Å². The third-order valence-corrected chi connectivity index (χ3v) is 5.17. The number of halogens is 2. The molecule has 1 aliphatic carbocycles. The zero-order valence-corrected chi connectivity index (χ0v) is 13.3. The summed E-state index contributed by atoms with van der Waals surface area (Å²) in [6, 6.07) is 16.1. The Balaban J connectivity index is 1.69. The van der Waals surface area contributed by atoms with Crippen LogP contribution in [0.3, 0.4) is 0 Å². The number of aliphatic imine (C=N–C) groups is 1. The van der Waals surface area contributed by atoms with Crippen LogP contribution in [0.5, 0.6) is 0 Å². The van der Waals surface area contributed by atoms with Crippen LogP contribution in [0.2, 0.25) is 0 Å². The van der Waals surface area contributed by atoms with Gasteiger partial charge in [0.1, 0.15) is 12.0 Å². The zero-order valence-electron chi connectivity index (χ0n) is 12.5. The highest BCUT2D eigenvalue weighted by atomic mass is 32.2. The fraction of sp³-hybridized carbons (Fsp3) is 0.211. The van der Waals surface area contributed by atoms with Crippen molar-refractivity contribution < 1.29 is 8.78 Å². The summed E-state index contributed by atoms with van der Waals surface area (Å²) in [5.41, 5.74) is 2.01. The van der Waals surface area contributed by atoms with Crippen LogP contribution in [-0.4, -0.2) is 12.9 Å². The first-order chi connectivity index (χ1) is 11.2. The first-order valence-corrected chi connectivity index (χ1v) is 8.41. The summed E-state index contributed by atoms with van der Waals surface area (Å²) in [6.07, 6.45) is 0.764. The molecule has 2 aromatic rings. The van der Waals surface area contributed by atoms with Crippen molar-refractivity contribution in [2.45, 2.75) is 17.8 Å². The second-order valence-electron chi connectivity index (χ2n) is 5.54. The summed E-state index contributed by atoms with van der Waals surface area (Å²) >= 11 is 1.54. The van der Waals surface area contributed by atoms with Crippen LogP contribution < -0.4 is 0 Å². The lowest BCUT2D eigenvalue weighted by Gasteiger charge is -2.06. The molecule has 1 nitrogen and oxygen atoms in total. The third kappa shape index (κ3) is 3.70. The van der Waals surface area contributed by atoms with E-state index < -0.39 is 6.17 Å². The van der Waals surface area contributed by atoms with Gasteiger partial charge in [0.15, 0.2) is 0 Å². The van der Waals surface area contributed by atoms with Crippen LogP contribution in [0, 0.1) is 11.7 Å². The minimum absolute atomic E-state index is 0.107. The molecule has 0 aromatic heterocycles. The SMILES string of the molecule is C=N/C=C(\SCc1ccc(F)cc1)C1C(F)[C@@H]1c1ccccc1. The minimum atomic E-state index is -0.883. The van der Waals surface area contributed by atoms with Crippen LogP contribution in [0.25, 0.3) is 0 Å². The fourth-order valence-corrected chi connectivity index (χ4v) is 3.88. The topological polar surface area (TPSA) is 12.4 Å². The monoisotopic (exact) mass is 329 g/mol. The molecule has 0 heterocycles. The summed E-state index contributed by atoms with van der Waals surface area (Å²) in [7, 11) is 0. The van der Waals surface area contributed by atoms with Crippen LogP contribution in [0.15, 0.2) is 70.7 Å². The highest BCUT2D eigenvalue weighted by Crippen LogP contribution is 2.57. The Labute approximate surface area is 139 Å². The Morgan fingerprint density at radius 3 is 2.48 bits per heavy atom. The molecule has 1 fully saturated rings. The molecule has 3 atom stereocenters. The van der Waals surface area contributed by atoms with E-state index in [4.69, 9.17) is 0 Å². The lowest BCUT2D eigenvalue weighted by molar-refractivity contribution is 0.454. The Kier molecular flexibility index (Phi) is 4.91. The molecule has 3 rings (SSSR count). The van der Waals surface area contributed by atoms with Crippen LogP contribution in [0.1, 0.15) is 17.0 Å². The number of nitrogens with zero attached hydrogens (tertiary/aromatic N) is 1. The predicted octanol–water partition coefficient (Wildman–Crippen LogP) is 5.35. The van der Waals surface area contributed by atoms with E-state index in [9.17, 15) is 8.78 Å². The van der Waals surface area contributed by atoms with Crippen LogP contribution in [0.4, 0.5) is 8.78 Å². The van der Waals surface area contributed by atoms with Crippen molar-refractivity contribution in [3.05, 3.63) is 82.6 Å². The molecule has 0 aliphatic heterocycles. The van der Waals surface area contributed by atoms with Gasteiger partial charge in [-0.2, -0.15) is 0 Å². The smallest absolute Gasteiger partial charge is 0.123 e. The van der Waals surface area contributed by atoms with E-state index in [2.05, 4.69) is 11.7 Å². The van der Waals surface area contributed by atoms with Gasteiger partial charge in [-0.15, -0.1) is 11.8 Å². The van der Waals surface area contributed by atoms with Crippen LogP contribution >= 0.6 is 11.8 Å². The summed E-state index contributed by atoms with van der Waals surface area (Å²) in [5.74, 6) is 0.141. The molecule has 0 bridgehead atoms. The maximum Gasteiger partial charge on any atom is 0.123 e. The van der Waals surface area contributed by atoms with Crippen molar-refractivity contribution in [3.63, 3.8) is 0 Å². The van der Waals surface area contributed by atoms with Gasteiger partial charge >= 0.3 is 0 Å². The van der Waals surface area contributed by atoms with E-state index in [1.54, 1.807) is 30.1 Å². The van der Waals surface area contributed by atoms with E-state index in [0.29, 0.717) is 5.75 Å². The van der Waals surface area contributed by atoms with Gasteiger partial charge in [-0.1, -0.05) is 42.5 Å². The largest absolute Gasteiger partial charge is 0.272 e. The highest BCUT2D eigenvalue weighted by molar-refractivity contribution is 8.02. The molecule has 118 valence electrons. The number of hydrogen-bond donors (Lipinski definition) is 0. The zero-order chi connectivity index (χ0) is 16.2. The molecule has 0 amide bonds. The van der Waals surface area contributed by atoms with Gasteiger partial charge < -0.3 is 0 Å². The van der Waals surface area contributed by atoms with Crippen molar-refractivity contribution in [2.24, 2.45) is 10.9 Å². The maximum absolute atomic E-state index is 14.3. The standard InChI is InChI=1S/C19H17F2NS/c1-22-11-16(23-12-13-7-9-15(20)10-8-13)18-17(19(18)21)14-5-3-2-4-6-14/h2-11,17-19H,1,12H2/b16-11-/t17-,18?,19?/m1/s1. The summed E-state index contributed by atoms with van der Waals surface area (Å²) in [6.45, 7) is 3.49. The van der Waals surface area contributed by atoms with E-state index >= 15 is 0 Å². The van der Waals surface area contributed by atoms with Crippen LogP contribution in [-0.2, 0) is 5.75 Å². The normalized spacial score (nSPS) is 23.6. The molecular weight excluding hydrogens is 312 g/mol. The predicted molar refractivity (Wildman–Crippen MR) is 92.9 cm³/mol. The Bertz CT molecular complexity index is 697. The van der Waals surface area contributed by atoms with Gasteiger partial charge in [0.05, 0.1) is 0 Å². The molecular formula is C19H17F2NS. The Hall–Kier alpha value is -1.94. The van der Waals surface area contributed by atoms with Gasteiger partial charge in [-0.3, -0.25) is 4.99 Å². The first-order valence-electron chi connectivity index (χ1n) is 7.43. The van der Waals surface area contributed by atoms with Crippen molar-refractivity contribution in [1.29, 1.82) is 0 Å². The highest BCUT2D eigenvalue weighted by Gasteiger charge is 2.54. The molecule has 0 N–H and O–H groups in total. The number of thioether (sulfide) groups is 1. The van der Waals surface area contributed by atoms with Crippen molar-refractivity contribution >= 4 is 18.5 Å². The summed E-state index contributed by atoms with van der Waals surface area (Å²) < 4.78 is 27.3. The van der Waals surface area contributed by atoms with E-state index in [-0.39, 0.29) is 17.7 Å². The molecule has 23 heavy (non-hydrogen) atoms. The average Bonchev–Trinajstić information content (AvgIpc) is 3.25. The van der Waals surface area contributed by atoms with Gasteiger partial charge in [0.25, 0.3) is 0 Å². The second kappa shape index (κ2) is 7.09. The first kappa shape index (κ1) is 15.9. The number of alkyl halides is 1. The number of benzene rings is 2. The molecule has 1 saturated carbocycles. The minimum Gasteiger partial charge on any atom is -0.272 e. The van der Waals surface area contributed by atoms with Gasteiger partial charge in [-0.05, 0) is 30.0 Å². The maximum atomic E-state index is 14.3. The third-order valence-electron chi connectivity index (χ3n) is 3.98. The van der Waals surface area contributed by atoms with Gasteiger partial charge in [-0.25, -0.2) is 8.78 Å². The summed E-state index contributed by atoms with van der Waals surface area (Å²) in [4.78, 5) is 4.72. The molecule has 0 radical (unpaired) electrons. The number of allylic oxidation sites excluding steroid dienone is 1. The average molecular weight is 329 g/mol. The molecule has 2 aromatic carbocycles. The number of rotatable bonds is 6.